The molecular formula is C14H16N2S2. The Morgan fingerprint density at radius 1 is 1.39 bits per heavy atom. The highest BCUT2D eigenvalue weighted by molar-refractivity contribution is 7.99. The lowest BCUT2D eigenvalue weighted by Gasteiger charge is -2.28. The molecule has 0 fully saturated rings. The second-order valence-electron chi connectivity index (χ2n) is 4.53. The molecule has 0 amide bonds. The van der Waals surface area contributed by atoms with Crippen molar-refractivity contribution in [3.63, 3.8) is 0 Å². The first-order valence-corrected chi connectivity index (χ1v) is 8.13. The Morgan fingerprint density at radius 3 is 3.11 bits per heavy atom. The molecule has 1 aliphatic rings. The summed E-state index contributed by atoms with van der Waals surface area (Å²) < 4.78 is 0. The van der Waals surface area contributed by atoms with E-state index in [0.29, 0.717) is 12.1 Å². The summed E-state index contributed by atoms with van der Waals surface area (Å²) in [5, 5.41) is 5.83. The van der Waals surface area contributed by atoms with E-state index in [1.165, 1.54) is 22.6 Å². The van der Waals surface area contributed by atoms with Gasteiger partial charge in [-0.3, -0.25) is 0 Å². The van der Waals surface area contributed by atoms with E-state index in [1.54, 1.807) is 11.3 Å². The van der Waals surface area contributed by atoms with Gasteiger partial charge in [-0.05, 0) is 30.7 Å². The minimum absolute atomic E-state index is 0.317. The number of fused-ring (bicyclic) bond motifs is 1. The minimum Gasteiger partial charge on any atom is -0.302 e. The van der Waals surface area contributed by atoms with Crippen molar-refractivity contribution in [2.45, 2.75) is 30.3 Å². The first kappa shape index (κ1) is 12.2. The molecule has 1 aromatic carbocycles. The van der Waals surface area contributed by atoms with Gasteiger partial charge in [0.05, 0.1) is 11.2 Å². The molecule has 2 heterocycles. The lowest BCUT2D eigenvalue weighted by molar-refractivity contribution is 0.445. The number of thiazole rings is 1. The van der Waals surface area contributed by atoms with Gasteiger partial charge in [0.2, 0.25) is 0 Å². The van der Waals surface area contributed by atoms with Crippen molar-refractivity contribution in [1.29, 1.82) is 0 Å². The van der Waals surface area contributed by atoms with Crippen LogP contribution >= 0.6 is 23.1 Å². The zero-order chi connectivity index (χ0) is 12.4. The zero-order valence-electron chi connectivity index (χ0n) is 10.3. The summed E-state index contributed by atoms with van der Waals surface area (Å²) in [6.07, 6.45) is 1.19. The number of hydrogen-bond donors (Lipinski definition) is 1. The lowest BCUT2D eigenvalue weighted by Crippen LogP contribution is -2.27. The summed E-state index contributed by atoms with van der Waals surface area (Å²) in [6, 6.07) is 9.50. The molecule has 0 aliphatic carbocycles. The van der Waals surface area contributed by atoms with Crippen molar-refractivity contribution in [3.8, 4) is 0 Å². The van der Waals surface area contributed by atoms with Crippen molar-refractivity contribution in [3.05, 3.63) is 46.4 Å². The Morgan fingerprint density at radius 2 is 2.28 bits per heavy atom. The number of nitrogens with zero attached hydrogens (tertiary/aromatic N) is 1. The van der Waals surface area contributed by atoms with E-state index in [2.05, 4.69) is 46.9 Å². The van der Waals surface area contributed by atoms with E-state index in [-0.39, 0.29) is 0 Å². The molecule has 4 heteroatoms. The number of aromatic nitrogens is 1. The Bertz CT molecular complexity index is 510. The molecule has 2 unspecified atom stereocenters. The molecule has 2 aromatic rings. The third kappa shape index (κ3) is 2.46. The molecule has 0 spiro atoms. The van der Waals surface area contributed by atoms with Crippen LogP contribution in [0.2, 0.25) is 0 Å². The topological polar surface area (TPSA) is 24.9 Å². The minimum atomic E-state index is 0.317. The number of benzene rings is 1. The van der Waals surface area contributed by atoms with Gasteiger partial charge >= 0.3 is 0 Å². The number of nitrogens with one attached hydrogen (secondary N) is 1. The molecule has 3 rings (SSSR count). The van der Waals surface area contributed by atoms with Gasteiger partial charge < -0.3 is 5.32 Å². The molecule has 0 saturated carbocycles. The summed E-state index contributed by atoms with van der Waals surface area (Å²) in [4.78, 5) is 5.81. The Hall–Kier alpha value is -0.840. The molecule has 2 atom stereocenters. The van der Waals surface area contributed by atoms with Crippen molar-refractivity contribution < 1.29 is 0 Å². The fourth-order valence-electron chi connectivity index (χ4n) is 2.34. The maximum Gasteiger partial charge on any atom is 0.0795 e. The van der Waals surface area contributed by atoms with Crippen LogP contribution in [0.3, 0.4) is 0 Å². The monoisotopic (exact) mass is 276 g/mol. The molecule has 0 radical (unpaired) electrons. The van der Waals surface area contributed by atoms with Crippen LogP contribution in [0.15, 0.2) is 40.1 Å². The van der Waals surface area contributed by atoms with E-state index < -0.39 is 0 Å². The van der Waals surface area contributed by atoms with Crippen LogP contribution in [0.1, 0.15) is 36.7 Å². The smallest absolute Gasteiger partial charge is 0.0795 e. The van der Waals surface area contributed by atoms with Crippen LogP contribution in [0, 0.1) is 0 Å². The van der Waals surface area contributed by atoms with Crippen LogP contribution in [0.4, 0.5) is 0 Å². The maximum absolute atomic E-state index is 4.39. The van der Waals surface area contributed by atoms with Gasteiger partial charge in [-0.2, -0.15) is 0 Å². The summed E-state index contributed by atoms with van der Waals surface area (Å²) in [5.41, 5.74) is 4.49. The van der Waals surface area contributed by atoms with Crippen LogP contribution in [0.5, 0.6) is 0 Å². The highest BCUT2D eigenvalue weighted by Crippen LogP contribution is 2.36. The first-order chi connectivity index (χ1) is 8.84. The van der Waals surface area contributed by atoms with Gasteiger partial charge in [0.25, 0.3) is 0 Å². The predicted octanol–water partition coefficient (Wildman–Crippen LogP) is 4.03. The van der Waals surface area contributed by atoms with E-state index in [0.717, 1.165) is 5.69 Å². The summed E-state index contributed by atoms with van der Waals surface area (Å²) in [6.45, 7) is 2.19. The fourth-order valence-corrected chi connectivity index (χ4v) is 4.11. The van der Waals surface area contributed by atoms with Crippen LogP contribution in [0.25, 0.3) is 0 Å². The van der Waals surface area contributed by atoms with Crippen molar-refractivity contribution in [2.24, 2.45) is 0 Å². The molecule has 0 bridgehead atoms. The largest absolute Gasteiger partial charge is 0.302 e. The Balaban J connectivity index is 1.78. The van der Waals surface area contributed by atoms with Gasteiger partial charge in [0, 0.05) is 22.4 Å². The second-order valence-corrected chi connectivity index (χ2v) is 6.38. The van der Waals surface area contributed by atoms with E-state index >= 15 is 0 Å². The standard InChI is InChI=1S/C14H16N2S2/c1-10(13-8-17-9-15-13)16-12-6-7-18-14-5-3-2-4-11(12)14/h2-5,8-10,12,16H,6-7H2,1H3. The molecule has 94 valence electrons. The van der Waals surface area contributed by atoms with Gasteiger partial charge in [-0.25, -0.2) is 4.98 Å². The highest BCUT2D eigenvalue weighted by atomic mass is 32.2. The van der Waals surface area contributed by atoms with Gasteiger partial charge in [-0.1, -0.05) is 18.2 Å². The quantitative estimate of drug-likeness (QED) is 0.916. The summed E-state index contributed by atoms with van der Waals surface area (Å²) in [5.74, 6) is 1.19. The maximum atomic E-state index is 4.39. The number of thioether (sulfide) groups is 1. The molecule has 1 aromatic heterocycles. The van der Waals surface area contributed by atoms with Gasteiger partial charge in [0.15, 0.2) is 0 Å². The van der Waals surface area contributed by atoms with E-state index in [9.17, 15) is 0 Å². The average Bonchev–Trinajstić information content (AvgIpc) is 2.93. The molecule has 2 nitrogen and oxygen atoms in total. The normalized spacial score (nSPS) is 20.4. The third-order valence-corrected chi connectivity index (χ3v) is 5.03. The average molecular weight is 276 g/mol. The molecule has 1 aliphatic heterocycles. The van der Waals surface area contributed by atoms with Gasteiger partial charge in [-0.15, -0.1) is 23.1 Å². The molecule has 1 N–H and O–H groups in total. The van der Waals surface area contributed by atoms with Crippen LogP contribution in [-0.4, -0.2) is 10.7 Å². The van der Waals surface area contributed by atoms with Gasteiger partial charge in [0.1, 0.15) is 0 Å². The number of rotatable bonds is 3. The van der Waals surface area contributed by atoms with Crippen molar-refractivity contribution in [1.82, 2.24) is 10.3 Å². The molecule has 18 heavy (non-hydrogen) atoms. The van der Waals surface area contributed by atoms with Crippen molar-refractivity contribution >= 4 is 23.1 Å². The lowest BCUT2D eigenvalue weighted by atomic mass is 10.0. The molecule has 0 saturated heterocycles. The number of hydrogen-bond acceptors (Lipinski definition) is 4. The Kier molecular flexibility index (Phi) is 3.68. The third-order valence-electron chi connectivity index (χ3n) is 3.30. The van der Waals surface area contributed by atoms with Crippen LogP contribution < -0.4 is 5.32 Å². The van der Waals surface area contributed by atoms with Crippen molar-refractivity contribution in [2.75, 3.05) is 5.75 Å². The predicted molar refractivity (Wildman–Crippen MR) is 78.2 cm³/mol. The second kappa shape index (κ2) is 5.43. The Labute approximate surface area is 116 Å². The van der Waals surface area contributed by atoms with E-state index in [1.807, 2.05) is 17.3 Å². The molecular weight excluding hydrogens is 260 g/mol. The first-order valence-electron chi connectivity index (χ1n) is 6.20. The van der Waals surface area contributed by atoms with Crippen LogP contribution in [-0.2, 0) is 0 Å². The fraction of sp³-hybridized carbons (Fsp3) is 0.357. The summed E-state index contributed by atoms with van der Waals surface area (Å²) >= 11 is 3.62. The SMILES string of the molecule is CC(NC1CCSc2ccccc21)c1cscn1. The summed E-state index contributed by atoms with van der Waals surface area (Å²) in [7, 11) is 0. The highest BCUT2D eigenvalue weighted by Gasteiger charge is 2.22. The van der Waals surface area contributed by atoms with E-state index in [4.69, 9.17) is 0 Å². The zero-order valence-corrected chi connectivity index (χ0v) is 11.9.